The molecule has 0 aliphatic carbocycles. The van der Waals surface area contributed by atoms with Gasteiger partial charge in [-0.05, 0) is 30.2 Å². The molecule has 12 heteroatoms. The number of amides is 1. The van der Waals surface area contributed by atoms with Crippen LogP contribution in [0, 0.1) is 20.2 Å². The minimum absolute atomic E-state index is 0.0261. The molecule has 142 valence electrons. The Morgan fingerprint density at radius 1 is 1.35 bits per heavy atom. The van der Waals surface area contributed by atoms with E-state index in [9.17, 15) is 30.1 Å². The van der Waals surface area contributed by atoms with Crippen LogP contribution in [-0.2, 0) is 14.5 Å². The Morgan fingerprint density at radius 2 is 2.08 bits per heavy atom. The second-order valence-electron chi connectivity index (χ2n) is 4.81. The van der Waals surface area contributed by atoms with Crippen molar-refractivity contribution in [3.05, 3.63) is 50.1 Å². The summed E-state index contributed by atoms with van der Waals surface area (Å²) in [6, 6.07) is 4.50. The minimum atomic E-state index is -1.19. The number of nitrogens with zero attached hydrogens (tertiary/aromatic N) is 2. The SMILES string of the molecule is COc1cc(/C=C/C(=O)NCCC(CO[N+](=O)[O-])O[N+](=O)[O-])ccc1O. The van der Waals surface area contributed by atoms with Gasteiger partial charge in [0.05, 0.1) is 7.11 Å². The zero-order valence-corrected chi connectivity index (χ0v) is 13.7. The number of carbonyl (C=O) groups excluding carboxylic acids is 1. The molecule has 0 aliphatic rings. The molecule has 0 radical (unpaired) electrons. The highest BCUT2D eigenvalue weighted by Gasteiger charge is 2.15. The molecule has 0 saturated carbocycles. The van der Waals surface area contributed by atoms with Gasteiger partial charge >= 0.3 is 0 Å². The van der Waals surface area contributed by atoms with Crippen molar-refractivity contribution in [3.8, 4) is 11.5 Å². The summed E-state index contributed by atoms with van der Waals surface area (Å²) >= 11 is 0. The van der Waals surface area contributed by atoms with Crippen LogP contribution in [0.25, 0.3) is 6.08 Å². The highest BCUT2D eigenvalue weighted by molar-refractivity contribution is 5.91. The Balaban J connectivity index is 2.48. The van der Waals surface area contributed by atoms with Gasteiger partial charge in [0.15, 0.2) is 11.5 Å². The van der Waals surface area contributed by atoms with Gasteiger partial charge in [-0.15, -0.1) is 20.2 Å². The Kier molecular flexibility index (Phi) is 8.13. The van der Waals surface area contributed by atoms with E-state index in [0.717, 1.165) is 0 Å². The first-order valence-corrected chi connectivity index (χ1v) is 7.23. The van der Waals surface area contributed by atoms with Crippen molar-refractivity contribution in [2.45, 2.75) is 12.5 Å². The van der Waals surface area contributed by atoms with E-state index in [4.69, 9.17) is 4.74 Å². The fourth-order valence-electron chi connectivity index (χ4n) is 1.82. The number of carbonyl (C=O) groups is 1. The molecule has 0 saturated heterocycles. The van der Waals surface area contributed by atoms with Crippen molar-refractivity contribution < 1.29 is 34.5 Å². The summed E-state index contributed by atoms with van der Waals surface area (Å²) in [5.41, 5.74) is 0.601. The number of hydrogen-bond acceptors (Lipinski definition) is 9. The lowest BCUT2D eigenvalue weighted by Crippen LogP contribution is -2.31. The van der Waals surface area contributed by atoms with Crippen LogP contribution >= 0.6 is 0 Å². The Morgan fingerprint density at radius 3 is 2.69 bits per heavy atom. The van der Waals surface area contributed by atoms with Crippen LogP contribution in [-0.4, -0.2) is 47.6 Å². The van der Waals surface area contributed by atoms with E-state index < -0.39 is 28.8 Å². The molecule has 0 fully saturated rings. The highest BCUT2D eigenvalue weighted by Crippen LogP contribution is 2.26. The van der Waals surface area contributed by atoms with E-state index in [0.29, 0.717) is 5.56 Å². The summed E-state index contributed by atoms with van der Waals surface area (Å²) < 4.78 is 4.94. The van der Waals surface area contributed by atoms with Crippen molar-refractivity contribution in [3.63, 3.8) is 0 Å². The van der Waals surface area contributed by atoms with Crippen molar-refractivity contribution in [2.75, 3.05) is 20.3 Å². The van der Waals surface area contributed by atoms with Gasteiger partial charge in [0, 0.05) is 12.6 Å². The number of phenolic OH excluding ortho intramolecular Hbond substituents is 1. The summed E-state index contributed by atoms with van der Waals surface area (Å²) in [6.07, 6.45) is 1.42. The van der Waals surface area contributed by atoms with Crippen molar-refractivity contribution in [1.29, 1.82) is 0 Å². The quantitative estimate of drug-likeness (QED) is 0.324. The predicted molar refractivity (Wildman–Crippen MR) is 86.1 cm³/mol. The predicted octanol–water partition coefficient (Wildman–Crippen LogP) is 0.706. The first-order chi connectivity index (χ1) is 12.3. The van der Waals surface area contributed by atoms with Crippen LogP contribution in [0.4, 0.5) is 0 Å². The fraction of sp³-hybridized carbons (Fsp3) is 0.357. The third-order valence-electron chi connectivity index (χ3n) is 3.00. The molecule has 26 heavy (non-hydrogen) atoms. The average Bonchev–Trinajstić information content (AvgIpc) is 2.58. The maximum absolute atomic E-state index is 11.7. The second kappa shape index (κ2) is 10.3. The zero-order valence-electron chi connectivity index (χ0n) is 13.7. The van der Waals surface area contributed by atoms with Gasteiger partial charge in [0.25, 0.3) is 10.2 Å². The molecular weight excluding hydrogens is 354 g/mol. The largest absolute Gasteiger partial charge is 0.504 e. The first-order valence-electron chi connectivity index (χ1n) is 7.23. The van der Waals surface area contributed by atoms with Gasteiger partial charge in [-0.1, -0.05) is 6.07 Å². The van der Waals surface area contributed by atoms with E-state index in [1.807, 2.05) is 0 Å². The summed E-state index contributed by atoms with van der Waals surface area (Å²) in [5.74, 6) is -0.284. The van der Waals surface area contributed by atoms with Gasteiger partial charge in [-0.2, -0.15) is 0 Å². The zero-order chi connectivity index (χ0) is 19.5. The first kappa shape index (κ1) is 20.5. The molecule has 1 atom stereocenters. The number of ether oxygens (including phenoxy) is 1. The monoisotopic (exact) mass is 371 g/mol. The summed E-state index contributed by atoms with van der Waals surface area (Å²) in [7, 11) is 1.39. The smallest absolute Gasteiger partial charge is 0.294 e. The Bertz CT molecular complexity index is 678. The molecule has 1 unspecified atom stereocenters. The van der Waals surface area contributed by atoms with Crippen molar-refractivity contribution in [1.82, 2.24) is 5.32 Å². The number of methoxy groups -OCH3 is 1. The molecule has 0 bridgehead atoms. The number of nitrogens with one attached hydrogen (secondary N) is 1. The summed E-state index contributed by atoms with van der Waals surface area (Å²) in [5, 5.41) is 30.2. The average molecular weight is 371 g/mol. The molecule has 1 amide bonds. The van der Waals surface area contributed by atoms with Gasteiger partial charge in [0.1, 0.15) is 12.7 Å². The third kappa shape index (κ3) is 7.81. The van der Waals surface area contributed by atoms with Gasteiger partial charge in [0.2, 0.25) is 5.91 Å². The van der Waals surface area contributed by atoms with Gasteiger partial charge < -0.3 is 24.8 Å². The van der Waals surface area contributed by atoms with Gasteiger partial charge in [-0.25, -0.2) is 0 Å². The number of phenols is 1. The number of benzene rings is 1. The number of rotatable bonds is 11. The standard InChI is InChI=1S/C14H17N3O9/c1-24-13-8-10(2-4-12(13)18)3-5-14(19)15-7-6-11(26-17(22)23)9-25-16(20)21/h2-5,8,11,18H,6-7,9H2,1H3,(H,15,19)/b5-3+. The van der Waals surface area contributed by atoms with E-state index in [-0.39, 0.29) is 24.5 Å². The second-order valence-corrected chi connectivity index (χ2v) is 4.81. The lowest BCUT2D eigenvalue weighted by atomic mass is 10.2. The van der Waals surface area contributed by atoms with Crippen molar-refractivity contribution in [2.24, 2.45) is 0 Å². The summed E-state index contributed by atoms with van der Waals surface area (Å²) in [6.45, 7) is -0.658. The highest BCUT2D eigenvalue weighted by atomic mass is 17.0. The topological polar surface area (TPSA) is 163 Å². The molecule has 0 aliphatic heterocycles. The fourth-order valence-corrected chi connectivity index (χ4v) is 1.82. The van der Waals surface area contributed by atoms with Crippen LogP contribution < -0.4 is 10.1 Å². The molecule has 12 nitrogen and oxygen atoms in total. The molecule has 0 heterocycles. The maximum Gasteiger partial charge on any atom is 0.294 e. The maximum atomic E-state index is 11.7. The molecule has 0 spiro atoms. The lowest BCUT2D eigenvalue weighted by molar-refractivity contribution is -0.790. The third-order valence-corrected chi connectivity index (χ3v) is 3.00. The van der Waals surface area contributed by atoms with E-state index >= 15 is 0 Å². The van der Waals surface area contributed by atoms with E-state index in [1.165, 1.54) is 31.4 Å². The Hall–Kier alpha value is -3.57. The summed E-state index contributed by atoms with van der Waals surface area (Å²) in [4.78, 5) is 40.4. The van der Waals surface area contributed by atoms with Gasteiger partial charge in [-0.3, -0.25) is 4.79 Å². The van der Waals surface area contributed by atoms with Crippen LogP contribution in [0.3, 0.4) is 0 Å². The number of hydrogen-bond donors (Lipinski definition) is 2. The molecule has 1 aromatic rings. The van der Waals surface area contributed by atoms with Crippen molar-refractivity contribution >= 4 is 12.0 Å². The Labute approximate surface area is 147 Å². The van der Waals surface area contributed by atoms with Crippen LogP contribution in [0.2, 0.25) is 0 Å². The normalized spacial score (nSPS) is 11.6. The van der Waals surface area contributed by atoms with Crippen LogP contribution in [0.15, 0.2) is 24.3 Å². The van der Waals surface area contributed by atoms with Crippen LogP contribution in [0.1, 0.15) is 12.0 Å². The van der Waals surface area contributed by atoms with E-state index in [2.05, 4.69) is 15.0 Å². The van der Waals surface area contributed by atoms with E-state index in [1.54, 1.807) is 6.07 Å². The molecular formula is C14H17N3O9. The minimum Gasteiger partial charge on any atom is -0.504 e. The molecule has 1 aromatic carbocycles. The molecule has 2 N–H and O–H groups in total. The lowest BCUT2D eigenvalue weighted by Gasteiger charge is -2.13. The molecule has 1 rings (SSSR count). The molecule has 0 aromatic heterocycles. The number of aromatic hydroxyl groups is 1. The van der Waals surface area contributed by atoms with Crippen LogP contribution in [0.5, 0.6) is 11.5 Å².